The summed E-state index contributed by atoms with van der Waals surface area (Å²) in [5.74, 6) is 1.13. The highest BCUT2D eigenvalue weighted by molar-refractivity contribution is 7.14. The van der Waals surface area contributed by atoms with Crippen molar-refractivity contribution in [3.63, 3.8) is 0 Å². The molecule has 1 aliphatic rings. The maximum absolute atomic E-state index is 13.3. The Morgan fingerprint density at radius 3 is 2.58 bits per heavy atom. The lowest BCUT2D eigenvalue weighted by molar-refractivity contribution is 0.0999. The second-order valence-electron chi connectivity index (χ2n) is 5.96. The molecular weight excluding hydrogens is 348 g/mol. The van der Waals surface area contributed by atoms with E-state index in [0.29, 0.717) is 35.4 Å². The van der Waals surface area contributed by atoms with E-state index in [1.54, 1.807) is 23.1 Å². The van der Waals surface area contributed by atoms with Gasteiger partial charge in [0.15, 0.2) is 16.6 Å². The molecule has 0 saturated heterocycles. The number of hydrogen-bond acceptors (Lipinski definition) is 5. The van der Waals surface area contributed by atoms with Crippen LogP contribution in [0.4, 0.5) is 10.8 Å². The van der Waals surface area contributed by atoms with Gasteiger partial charge < -0.3 is 9.47 Å². The van der Waals surface area contributed by atoms with Crippen molar-refractivity contribution in [1.82, 2.24) is 4.98 Å². The van der Waals surface area contributed by atoms with Gasteiger partial charge in [-0.2, -0.15) is 0 Å². The fourth-order valence-corrected chi connectivity index (χ4v) is 3.58. The molecule has 0 radical (unpaired) electrons. The SMILES string of the molecule is Cc1csc(N(C(=O)c2ccc3c(c2)OCCCO3)c2ccccc2)n1. The minimum atomic E-state index is -0.152. The van der Waals surface area contributed by atoms with Crippen LogP contribution in [-0.4, -0.2) is 24.1 Å². The van der Waals surface area contributed by atoms with E-state index in [-0.39, 0.29) is 5.91 Å². The quantitative estimate of drug-likeness (QED) is 0.680. The number of carbonyl (C=O) groups excluding carboxylic acids is 1. The lowest BCUT2D eigenvalue weighted by Crippen LogP contribution is -2.25. The Morgan fingerprint density at radius 1 is 1.08 bits per heavy atom. The third-order valence-electron chi connectivity index (χ3n) is 4.01. The van der Waals surface area contributed by atoms with Crippen LogP contribution in [0.15, 0.2) is 53.9 Å². The van der Waals surface area contributed by atoms with Gasteiger partial charge in [0.05, 0.1) is 24.6 Å². The average Bonchev–Trinajstić information content (AvgIpc) is 2.95. The summed E-state index contributed by atoms with van der Waals surface area (Å²) in [5, 5.41) is 2.58. The molecule has 0 aliphatic carbocycles. The van der Waals surface area contributed by atoms with Crippen molar-refractivity contribution < 1.29 is 14.3 Å². The number of carbonyl (C=O) groups is 1. The van der Waals surface area contributed by atoms with Crippen molar-refractivity contribution in [3.8, 4) is 11.5 Å². The van der Waals surface area contributed by atoms with Gasteiger partial charge in [-0.05, 0) is 37.3 Å². The van der Waals surface area contributed by atoms with Gasteiger partial charge in [0.2, 0.25) is 0 Å². The van der Waals surface area contributed by atoms with Gasteiger partial charge in [0, 0.05) is 17.4 Å². The molecule has 26 heavy (non-hydrogen) atoms. The van der Waals surface area contributed by atoms with E-state index in [1.807, 2.05) is 42.6 Å². The summed E-state index contributed by atoms with van der Waals surface area (Å²) in [6.45, 7) is 3.12. The largest absolute Gasteiger partial charge is 0.490 e. The van der Waals surface area contributed by atoms with Crippen LogP contribution in [0.1, 0.15) is 22.5 Å². The molecule has 5 nitrogen and oxygen atoms in total. The Kier molecular flexibility index (Phi) is 4.58. The number of amides is 1. The van der Waals surface area contributed by atoms with Crippen molar-refractivity contribution in [3.05, 3.63) is 65.2 Å². The molecule has 1 aliphatic heterocycles. The fraction of sp³-hybridized carbons (Fsp3) is 0.200. The van der Waals surface area contributed by atoms with Gasteiger partial charge in [-0.15, -0.1) is 11.3 Å². The molecule has 2 heterocycles. The predicted molar refractivity (Wildman–Crippen MR) is 102 cm³/mol. The summed E-state index contributed by atoms with van der Waals surface area (Å²) < 4.78 is 11.4. The summed E-state index contributed by atoms with van der Waals surface area (Å²) in [5.41, 5.74) is 2.20. The number of fused-ring (bicyclic) bond motifs is 1. The first-order chi connectivity index (χ1) is 12.7. The molecule has 0 spiro atoms. The van der Waals surface area contributed by atoms with Crippen LogP contribution < -0.4 is 14.4 Å². The van der Waals surface area contributed by atoms with Crippen LogP contribution in [0.3, 0.4) is 0 Å². The number of thiazole rings is 1. The van der Waals surface area contributed by atoms with Crippen LogP contribution in [0, 0.1) is 6.92 Å². The van der Waals surface area contributed by atoms with Crippen molar-refractivity contribution in [2.24, 2.45) is 0 Å². The Morgan fingerprint density at radius 2 is 1.85 bits per heavy atom. The molecular formula is C20H18N2O3S. The standard InChI is InChI=1S/C20H18N2O3S/c1-14-13-26-20(21-14)22(16-6-3-2-4-7-16)19(23)15-8-9-17-18(12-15)25-11-5-10-24-17/h2-4,6-9,12-13H,5,10-11H2,1H3. The number of ether oxygens (including phenoxy) is 2. The number of hydrogen-bond donors (Lipinski definition) is 0. The first kappa shape index (κ1) is 16.6. The van der Waals surface area contributed by atoms with Crippen LogP contribution in [0.25, 0.3) is 0 Å². The van der Waals surface area contributed by atoms with Crippen molar-refractivity contribution in [2.45, 2.75) is 13.3 Å². The third kappa shape index (κ3) is 3.28. The minimum absolute atomic E-state index is 0.152. The maximum Gasteiger partial charge on any atom is 0.264 e. The molecule has 0 atom stereocenters. The molecule has 2 aromatic carbocycles. The summed E-state index contributed by atoms with van der Waals surface area (Å²) in [4.78, 5) is 19.5. The second kappa shape index (κ2) is 7.17. The minimum Gasteiger partial charge on any atom is -0.490 e. The molecule has 0 N–H and O–H groups in total. The monoisotopic (exact) mass is 366 g/mol. The summed E-state index contributed by atoms with van der Waals surface area (Å²) in [7, 11) is 0. The Bertz CT molecular complexity index is 924. The van der Waals surface area contributed by atoms with Gasteiger partial charge >= 0.3 is 0 Å². The van der Waals surface area contributed by atoms with Crippen molar-refractivity contribution >= 4 is 28.1 Å². The molecule has 0 saturated carbocycles. The predicted octanol–water partition coefficient (Wildman–Crippen LogP) is 4.59. The van der Waals surface area contributed by atoms with Gasteiger partial charge in [0.25, 0.3) is 5.91 Å². The summed E-state index contributed by atoms with van der Waals surface area (Å²) >= 11 is 1.45. The van der Waals surface area contributed by atoms with Crippen molar-refractivity contribution in [1.29, 1.82) is 0 Å². The summed E-state index contributed by atoms with van der Waals surface area (Å²) in [6, 6.07) is 14.9. The molecule has 1 amide bonds. The second-order valence-corrected chi connectivity index (χ2v) is 6.80. The smallest absolute Gasteiger partial charge is 0.264 e. The number of nitrogens with zero attached hydrogens (tertiary/aromatic N) is 2. The molecule has 0 fully saturated rings. The first-order valence-electron chi connectivity index (χ1n) is 8.43. The van der Waals surface area contributed by atoms with E-state index in [1.165, 1.54) is 11.3 Å². The number of aromatic nitrogens is 1. The topological polar surface area (TPSA) is 51.7 Å². The van der Waals surface area contributed by atoms with E-state index in [9.17, 15) is 4.79 Å². The fourth-order valence-electron chi connectivity index (χ4n) is 2.76. The molecule has 0 bridgehead atoms. The number of anilines is 2. The molecule has 1 aromatic heterocycles. The van der Waals surface area contributed by atoms with E-state index in [4.69, 9.17) is 9.47 Å². The van der Waals surface area contributed by atoms with E-state index in [2.05, 4.69) is 4.98 Å². The zero-order valence-electron chi connectivity index (χ0n) is 14.3. The first-order valence-corrected chi connectivity index (χ1v) is 9.31. The van der Waals surface area contributed by atoms with Gasteiger partial charge in [-0.25, -0.2) is 4.98 Å². The van der Waals surface area contributed by atoms with Crippen molar-refractivity contribution in [2.75, 3.05) is 18.1 Å². The molecule has 3 aromatic rings. The zero-order chi connectivity index (χ0) is 17.9. The summed E-state index contributed by atoms with van der Waals surface area (Å²) in [6.07, 6.45) is 0.826. The van der Waals surface area contributed by atoms with E-state index < -0.39 is 0 Å². The third-order valence-corrected chi connectivity index (χ3v) is 4.95. The number of rotatable bonds is 3. The average molecular weight is 366 g/mol. The zero-order valence-corrected chi connectivity index (χ0v) is 15.2. The highest BCUT2D eigenvalue weighted by atomic mass is 32.1. The van der Waals surface area contributed by atoms with Crippen LogP contribution in [0.2, 0.25) is 0 Å². The lowest BCUT2D eigenvalue weighted by Gasteiger charge is -2.20. The number of para-hydroxylation sites is 1. The molecule has 6 heteroatoms. The molecule has 0 unspecified atom stereocenters. The van der Waals surface area contributed by atoms with Gasteiger partial charge in [0.1, 0.15) is 0 Å². The van der Waals surface area contributed by atoms with Gasteiger partial charge in [-0.3, -0.25) is 9.69 Å². The van der Waals surface area contributed by atoms with Crippen LogP contribution in [-0.2, 0) is 0 Å². The Hall–Kier alpha value is -2.86. The highest BCUT2D eigenvalue weighted by Crippen LogP contribution is 2.34. The number of benzene rings is 2. The molecule has 132 valence electrons. The van der Waals surface area contributed by atoms with Gasteiger partial charge in [-0.1, -0.05) is 18.2 Å². The van der Waals surface area contributed by atoms with Crippen LogP contribution >= 0.6 is 11.3 Å². The normalized spacial score (nSPS) is 13.1. The lowest BCUT2D eigenvalue weighted by atomic mass is 10.1. The maximum atomic E-state index is 13.3. The van der Waals surface area contributed by atoms with E-state index in [0.717, 1.165) is 17.8 Å². The Labute approximate surface area is 155 Å². The van der Waals surface area contributed by atoms with E-state index >= 15 is 0 Å². The number of aryl methyl sites for hydroxylation is 1. The molecule has 4 rings (SSSR count). The van der Waals surface area contributed by atoms with Crippen LogP contribution in [0.5, 0.6) is 11.5 Å². The highest BCUT2D eigenvalue weighted by Gasteiger charge is 2.24. The Balaban J connectivity index is 1.74.